The summed E-state index contributed by atoms with van der Waals surface area (Å²) >= 11 is 0. The molecule has 1 aromatic carbocycles. The van der Waals surface area contributed by atoms with Crippen LogP contribution in [-0.4, -0.2) is 12.5 Å². The Labute approximate surface area is 109 Å². The van der Waals surface area contributed by atoms with E-state index in [2.05, 4.69) is 36.6 Å². The van der Waals surface area contributed by atoms with Gasteiger partial charge in [-0.1, -0.05) is 32.4 Å². The van der Waals surface area contributed by atoms with Crippen molar-refractivity contribution >= 4 is 11.6 Å². The number of fused-ring (bicyclic) bond motifs is 1. The van der Waals surface area contributed by atoms with Gasteiger partial charge in [0.05, 0.1) is 0 Å². The molecule has 18 heavy (non-hydrogen) atoms. The number of carbonyl (C=O) groups is 1. The lowest BCUT2D eigenvalue weighted by Crippen LogP contribution is -2.22. The molecule has 3 nitrogen and oxygen atoms in total. The van der Waals surface area contributed by atoms with E-state index in [0.29, 0.717) is 12.5 Å². The van der Waals surface area contributed by atoms with E-state index >= 15 is 0 Å². The molecular formula is C15H22N2O. The van der Waals surface area contributed by atoms with E-state index in [4.69, 9.17) is 0 Å². The lowest BCUT2D eigenvalue weighted by Gasteiger charge is -2.22. The summed E-state index contributed by atoms with van der Waals surface area (Å²) in [6.45, 7) is 5.34. The van der Waals surface area contributed by atoms with Crippen LogP contribution in [0.25, 0.3) is 0 Å². The third-order valence-electron chi connectivity index (χ3n) is 3.46. The maximum Gasteiger partial charge on any atom is 0.224 e. The molecule has 0 radical (unpaired) electrons. The Kier molecular flexibility index (Phi) is 4.37. The Morgan fingerprint density at radius 1 is 1.33 bits per heavy atom. The summed E-state index contributed by atoms with van der Waals surface area (Å²) in [6, 6.07) is 6.86. The minimum absolute atomic E-state index is 0.132. The summed E-state index contributed by atoms with van der Waals surface area (Å²) in [4.78, 5) is 11.3. The predicted molar refractivity (Wildman–Crippen MR) is 74.7 cm³/mol. The van der Waals surface area contributed by atoms with Crippen molar-refractivity contribution < 1.29 is 4.79 Å². The van der Waals surface area contributed by atoms with Crippen molar-refractivity contribution in [2.75, 3.05) is 11.9 Å². The Balaban J connectivity index is 2.21. The van der Waals surface area contributed by atoms with Gasteiger partial charge in [0.1, 0.15) is 0 Å². The Morgan fingerprint density at radius 2 is 2.17 bits per heavy atom. The number of carbonyl (C=O) groups excluding carboxylic acids is 1. The summed E-state index contributed by atoms with van der Waals surface area (Å²) in [7, 11) is 0. The monoisotopic (exact) mass is 246 g/mol. The van der Waals surface area contributed by atoms with Gasteiger partial charge in [0.2, 0.25) is 5.91 Å². The predicted octanol–water partition coefficient (Wildman–Crippen LogP) is 3.02. The highest BCUT2D eigenvalue weighted by molar-refractivity contribution is 5.93. The number of hydrogen-bond donors (Lipinski definition) is 2. The fraction of sp³-hybridized carbons (Fsp3) is 0.533. The fourth-order valence-corrected chi connectivity index (χ4v) is 2.54. The zero-order valence-electron chi connectivity index (χ0n) is 11.3. The molecule has 0 aliphatic carbocycles. The summed E-state index contributed by atoms with van der Waals surface area (Å²) in [5.41, 5.74) is 3.60. The summed E-state index contributed by atoms with van der Waals surface area (Å²) < 4.78 is 0. The SMILES string of the molecule is CCCC(NCC)c1ccc2c(c1)CCC(=O)N2. The van der Waals surface area contributed by atoms with E-state index < -0.39 is 0 Å². The number of rotatable bonds is 5. The number of anilines is 1. The van der Waals surface area contributed by atoms with Crippen LogP contribution in [0.1, 0.15) is 50.3 Å². The second-order valence-corrected chi connectivity index (χ2v) is 4.86. The highest BCUT2D eigenvalue weighted by Gasteiger charge is 2.17. The Hall–Kier alpha value is -1.35. The molecule has 0 saturated heterocycles. The normalized spacial score (nSPS) is 16.0. The van der Waals surface area contributed by atoms with Gasteiger partial charge in [-0.15, -0.1) is 0 Å². The van der Waals surface area contributed by atoms with E-state index in [0.717, 1.165) is 25.1 Å². The van der Waals surface area contributed by atoms with Crippen LogP contribution in [0.2, 0.25) is 0 Å². The largest absolute Gasteiger partial charge is 0.326 e. The molecule has 1 heterocycles. The highest BCUT2D eigenvalue weighted by Crippen LogP contribution is 2.27. The molecule has 1 unspecified atom stereocenters. The van der Waals surface area contributed by atoms with Crippen LogP contribution in [0.4, 0.5) is 5.69 Å². The van der Waals surface area contributed by atoms with Crippen LogP contribution in [0.3, 0.4) is 0 Å². The molecule has 1 aromatic rings. The number of benzene rings is 1. The van der Waals surface area contributed by atoms with Crippen molar-refractivity contribution in [1.82, 2.24) is 5.32 Å². The smallest absolute Gasteiger partial charge is 0.224 e. The average molecular weight is 246 g/mol. The second kappa shape index (κ2) is 6.01. The number of amides is 1. The van der Waals surface area contributed by atoms with Crippen LogP contribution < -0.4 is 10.6 Å². The first-order valence-electron chi connectivity index (χ1n) is 6.90. The third kappa shape index (κ3) is 2.91. The first kappa shape index (κ1) is 13.1. The van der Waals surface area contributed by atoms with Gasteiger partial charge in [-0.25, -0.2) is 0 Å². The maximum atomic E-state index is 11.3. The van der Waals surface area contributed by atoms with E-state index in [1.807, 2.05) is 6.07 Å². The molecule has 0 saturated carbocycles. The van der Waals surface area contributed by atoms with Gasteiger partial charge in [-0.05, 0) is 36.6 Å². The van der Waals surface area contributed by atoms with Crippen molar-refractivity contribution in [1.29, 1.82) is 0 Å². The quantitative estimate of drug-likeness (QED) is 0.838. The topological polar surface area (TPSA) is 41.1 Å². The minimum Gasteiger partial charge on any atom is -0.326 e. The van der Waals surface area contributed by atoms with Crippen LogP contribution in [-0.2, 0) is 11.2 Å². The van der Waals surface area contributed by atoms with Crippen LogP contribution >= 0.6 is 0 Å². The number of nitrogens with one attached hydrogen (secondary N) is 2. The van der Waals surface area contributed by atoms with Crippen LogP contribution in [0, 0.1) is 0 Å². The van der Waals surface area contributed by atoms with Gasteiger partial charge in [0, 0.05) is 18.2 Å². The molecule has 98 valence electrons. The van der Waals surface area contributed by atoms with E-state index in [-0.39, 0.29) is 5.91 Å². The molecule has 2 rings (SSSR count). The summed E-state index contributed by atoms with van der Waals surface area (Å²) in [6.07, 6.45) is 3.79. The van der Waals surface area contributed by atoms with Crippen LogP contribution in [0.5, 0.6) is 0 Å². The third-order valence-corrected chi connectivity index (χ3v) is 3.46. The molecule has 1 amide bonds. The summed E-state index contributed by atoms with van der Waals surface area (Å²) in [5.74, 6) is 0.132. The molecule has 3 heteroatoms. The Bertz CT molecular complexity index is 423. The van der Waals surface area contributed by atoms with Crippen molar-refractivity contribution in [3.63, 3.8) is 0 Å². The van der Waals surface area contributed by atoms with Gasteiger partial charge in [-0.2, -0.15) is 0 Å². The number of aryl methyl sites for hydroxylation is 1. The molecule has 1 aliphatic rings. The number of hydrogen-bond acceptors (Lipinski definition) is 2. The molecule has 2 N–H and O–H groups in total. The molecule has 0 spiro atoms. The lowest BCUT2D eigenvalue weighted by atomic mass is 9.95. The molecule has 0 fully saturated rings. The zero-order chi connectivity index (χ0) is 13.0. The van der Waals surface area contributed by atoms with Gasteiger partial charge in [-0.3, -0.25) is 4.79 Å². The van der Waals surface area contributed by atoms with Crippen LogP contribution in [0.15, 0.2) is 18.2 Å². The van der Waals surface area contributed by atoms with Crippen molar-refractivity contribution in [2.24, 2.45) is 0 Å². The maximum absolute atomic E-state index is 11.3. The molecule has 0 aromatic heterocycles. The fourth-order valence-electron chi connectivity index (χ4n) is 2.54. The second-order valence-electron chi connectivity index (χ2n) is 4.86. The standard InChI is InChI=1S/C15H22N2O/c1-3-5-13(16-4-2)11-6-8-14-12(10-11)7-9-15(18)17-14/h6,8,10,13,16H,3-5,7,9H2,1-2H3,(H,17,18). The average Bonchev–Trinajstić information content (AvgIpc) is 2.38. The minimum atomic E-state index is 0.132. The lowest BCUT2D eigenvalue weighted by molar-refractivity contribution is -0.116. The van der Waals surface area contributed by atoms with E-state index in [1.165, 1.54) is 17.5 Å². The van der Waals surface area contributed by atoms with Crippen molar-refractivity contribution in [3.8, 4) is 0 Å². The van der Waals surface area contributed by atoms with Gasteiger partial charge < -0.3 is 10.6 Å². The van der Waals surface area contributed by atoms with Crippen molar-refractivity contribution in [2.45, 2.75) is 45.6 Å². The zero-order valence-corrected chi connectivity index (χ0v) is 11.3. The molecule has 1 aliphatic heterocycles. The van der Waals surface area contributed by atoms with E-state index in [1.54, 1.807) is 0 Å². The van der Waals surface area contributed by atoms with Crippen molar-refractivity contribution in [3.05, 3.63) is 29.3 Å². The van der Waals surface area contributed by atoms with Gasteiger partial charge in [0.25, 0.3) is 0 Å². The molecular weight excluding hydrogens is 224 g/mol. The van der Waals surface area contributed by atoms with Gasteiger partial charge >= 0.3 is 0 Å². The van der Waals surface area contributed by atoms with Gasteiger partial charge in [0.15, 0.2) is 0 Å². The first-order chi connectivity index (χ1) is 8.74. The first-order valence-corrected chi connectivity index (χ1v) is 6.90. The van der Waals surface area contributed by atoms with E-state index in [9.17, 15) is 4.79 Å². The summed E-state index contributed by atoms with van der Waals surface area (Å²) in [5, 5.41) is 6.46. The molecule has 1 atom stereocenters. The Morgan fingerprint density at radius 3 is 2.89 bits per heavy atom. The molecule has 0 bridgehead atoms. The highest BCUT2D eigenvalue weighted by atomic mass is 16.1.